The van der Waals surface area contributed by atoms with E-state index < -0.39 is 0 Å². The molecule has 108 valence electrons. The van der Waals surface area contributed by atoms with Crippen molar-refractivity contribution < 1.29 is 4.39 Å². The maximum atomic E-state index is 13.3. The molecule has 1 saturated carbocycles. The predicted octanol–water partition coefficient (Wildman–Crippen LogP) is 5.27. The number of nitrogens with one attached hydrogen (secondary N) is 1. The van der Waals surface area contributed by atoms with Gasteiger partial charge in [-0.2, -0.15) is 0 Å². The summed E-state index contributed by atoms with van der Waals surface area (Å²) in [7, 11) is 0. The first-order valence-electron chi connectivity index (χ1n) is 7.70. The van der Waals surface area contributed by atoms with E-state index in [-0.39, 0.29) is 5.82 Å². The lowest BCUT2D eigenvalue weighted by Gasteiger charge is -2.30. The van der Waals surface area contributed by atoms with Gasteiger partial charge in [-0.1, -0.05) is 26.2 Å². The molecule has 1 heterocycles. The summed E-state index contributed by atoms with van der Waals surface area (Å²) in [5.41, 5.74) is 0. The molecule has 0 saturated heterocycles. The van der Waals surface area contributed by atoms with Crippen LogP contribution in [0.5, 0.6) is 0 Å². The van der Waals surface area contributed by atoms with Gasteiger partial charge in [0.15, 0.2) is 0 Å². The van der Waals surface area contributed by atoms with Crippen LogP contribution in [0.1, 0.15) is 49.9 Å². The van der Waals surface area contributed by atoms with Crippen molar-refractivity contribution in [3.8, 4) is 0 Å². The standard InChI is InChI=1S/C17H22FNS/c1-2-19-17(12-6-4-3-5-7-12)16-11-13-10-14(18)8-9-15(13)20-16/h8-12,17,19H,2-7H2,1H3. The third-order valence-corrected chi connectivity index (χ3v) is 5.55. The lowest BCUT2D eigenvalue weighted by molar-refractivity contribution is 0.277. The van der Waals surface area contributed by atoms with Crippen molar-refractivity contribution in [2.45, 2.75) is 45.1 Å². The zero-order chi connectivity index (χ0) is 13.9. The Morgan fingerprint density at radius 1 is 1.25 bits per heavy atom. The fourth-order valence-electron chi connectivity index (χ4n) is 3.37. The minimum atomic E-state index is -0.139. The van der Waals surface area contributed by atoms with Crippen LogP contribution in [-0.2, 0) is 0 Å². The Morgan fingerprint density at radius 2 is 2.05 bits per heavy atom. The smallest absolute Gasteiger partial charge is 0.123 e. The normalized spacial score (nSPS) is 18.5. The third kappa shape index (κ3) is 2.89. The summed E-state index contributed by atoms with van der Waals surface area (Å²) in [6.07, 6.45) is 6.73. The van der Waals surface area contributed by atoms with E-state index in [2.05, 4.69) is 18.3 Å². The van der Waals surface area contributed by atoms with Gasteiger partial charge in [0.2, 0.25) is 0 Å². The van der Waals surface area contributed by atoms with Crippen molar-refractivity contribution in [2.75, 3.05) is 6.54 Å². The number of benzene rings is 1. The van der Waals surface area contributed by atoms with Crippen LogP contribution in [-0.4, -0.2) is 6.54 Å². The van der Waals surface area contributed by atoms with Crippen LogP contribution in [0.2, 0.25) is 0 Å². The molecular weight excluding hydrogens is 269 g/mol. The summed E-state index contributed by atoms with van der Waals surface area (Å²) in [5.74, 6) is 0.598. The molecule has 1 aromatic heterocycles. The molecule has 0 amide bonds. The maximum Gasteiger partial charge on any atom is 0.123 e. The molecule has 3 rings (SSSR count). The summed E-state index contributed by atoms with van der Waals surface area (Å²) in [4.78, 5) is 1.37. The minimum absolute atomic E-state index is 0.139. The van der Waals surface area contributed by atoms with Crippen molar-refractivity contribution in [3.63, 3.8) is 0 Å². The molecule has 1 atom stereocenters. The SMILES string of the molecule is CCNC(c1cc2cc(F)ccc2s1)C1CCCCC1. The van der Waals surface area contributed by atoms with E-state index in [0.29, 0.717) is 6.04 Å². The minimum Gasteiger partial charge on any atom is -0.309 e. The highest BCUT2D eigenvalue weighted by atomic mass is 32.1. The van der Waals surface area contributed by atoms with Gasteiger partial charge in [0.05, 0.1) is 0 Å². The first-order chi connectivity index (χ1) is 9.78. The van der Waals surface area contributed by atoms with Crippen molar-refractivity contribution in [1.82, 2.24) is 5.32 Å². The van der Waals surface area contributed by atoms with Crippen LogP contribution in [0.3, 0.4) is 0 Å². The number of hydrogen-bond acceptors (Lipinski definition) is 2. The van der Waals surface area contributed by atoms with Gasteiger partial charge in [-0.25, -0.2) is 4.39 Å². The second-order valence-electron chi connectivity index (χ2n) is 5.76. The van der Waals surface area contributed by atoms with Gasteiger partial charge in [-0.3, -0.25) is 0 Å². The second-order valence-corrected chi connectivity index (χ2v) is 6.88. The number of halogens is 1. The third-order valence-electron chi connectivity index (χ3n) is 4.35. The van der Waals surface area contributed by atoms with E-state index in [1.165, 1.54) is 41.7 Å². The summed E-state index contributed by atoms with van der Waals surface area (Å²) < 4.78 is 14.5. The van der Waals surface area contributed by atoms with E-state index in [4.69, 9.17) is 0 Å². The van der Waals surface area contributed by atoms with Gasteiger partial charge in [0.1, 0.15) is 5.82 Å². The topological polar surface area (TPSA) is 12.0 Å². The fraction of sp³-hybridized carbons (Fsp3) is 0.529. The number of hydrogen-bond donors (Lipinski definition) is 1. The quantitative estimate of drug-likeness (QED) is 0.809. The fourth-order valence-corrected chi connectivity index (χ4v) is 4.59. The summed E-state index contributed by atoms with van der Waals surface area (Å²) in [6.45, 7) is 3.16. The van der Waals surface area contributed by atoms with E-state index in [0.717, 1.165) is 17.8 Å². The molecule has 2 aromatic rings. The Hall–Kier alpha value is -0.930. The molecule has 0 spiro atoms. The van der Waals surface area contributed by atoms with E-state index in [9.17, 15) is 4.39 Å². The molecule has 20 heavy (non-hydrogen) atoms. The second kappa shape index (κ2) is 6.23. The van der Waals surface area contributed by atoms with Crippen molar-refractivity contribution in [2.24, 2.45) is 5.92 Å². The molecule has 0 bridgehead atoms. The Morgan fingerprint density at radius 3 is 2.80 bits per heavy atom. The molecule has 1 aromatic carbocycles. The zero-order valence-electron chi connectivity index (χ0n) is 12.0. The lowest BCUT2D eigenvalue weighted by Crippen LogP contribution is -2.28. The summed E-state index contributed by atoms with van der Waals surface area (Å²) in [6, 6.07) is 7.75. The van der Waals surface area contributed by atoms with Crippen molar-refractivity contribution >= 4 is 21.4 Å². The van der Waals surface area contributed by atoms with Gasteiger partial charge in [0, 0.05) is 15.6 Å². The predicted molar refractivity (Wildman–Crippen MR) is 84.8 cm³/mol. The van der Waals surface area contributed by atoms with E-state index in [1.807, 2.05) is 17.4 Å². The molecule has 1 nitrogen and oxygen atoms in total. The monoisotopic (exact) mass is 291 g/mol. The molecule has 1 aliphatic rings. The molecular formula is C17H22FNS. The highest BCUT2D eigenvalue weighted by molar-refractivity contribution is 7.19. The molecule has 1 unspecified atom stereocenters. The van der Waals surface area contributed by atoms with Crippen LogP contribution < -0.4 is 5.32 Å². The molecule has 0 radical (unpaired) electrons. The average molecular weight is 291 g/mol. The van der Waals surface area contributed by atoms with Crippen LogP contribution in [0, 0.1) is 11.7 Å². The lowest BCUT2D eigenvalue weighted by atomic mass is 9.83. The highest BCUT2D eigenvalue weighted by Crippen LogP contribution is 2.39. The van der Waals surface area contributed by atoms with Crippen LogP contribution in [0.15, 0.2) is 24.3 Å². The van der Waals surface area contributed by atoms with E-state index in [1.54, 1.807) is 12.1 Å². The van der Waals surface area contributed by atoms with Gasteiger partial charge in [-0.05, 0) is 55.0 Å². The average Bonchev–Trinajstić information content (AvgIpc) is 2.88. The van der Waals surface area contributed by atoms with Crippen LogP contribution in [0.25, 0.3) is 10.1 Å². The summed E-state index contributed by atoms with van der Waals surface area (Å²) in [5, 5.41) is 4.71. The van der Waals surface area contributed by atoms with E-state index >= 15 is 0 Å². The molecule has 3 heteroatoms. The van der Waals surface area contributed by atoms with Crippen molar-refractivity contribution in [1.29, 1.82) is 0 Å². The van der Waals surface area contributed by atoms with Gasteiger partial charge >= 0.3 is 0 Å². The number of rotatable bonds is 4. The molecule has 1 fully saturated rings. The summed E-state index contributed by atoms with van der Waals surface area (Å²) >= 11 is 1.82. The number of fused-ring (bicyclic) bond motifs is 1. The van der Waals surface area contributed by atoms with Gasteiger partial charge < -0.3 is 5.32 Å². The Balaban J connectivity index is 1.91. The van der Waals surface area contributed by atoms with Gasteiger partial charge in [0.25, 0.3) is 0 Å². The Kier molecular flexibility index (Phi) is 4.37. The highest BCUT2D eigenvalue weighted by Gasteiger charge is 2.25. The molecule has 0 aliphatic heterocycles. The largest absolute Gasteiger partial charge is 0.309 e. The van der Waals surface area contributed by atoms with Crippen LogP contribution in [0.4, 0.5) is 4.39 Å². The first-order valence-corrected chi connectivity index (χ1v) is 8.52. The molecule has 1 aliphatic carbocycles. The van der Waals surface area contributed by atoms with Crippen molar-refractivity contribution in [3.05, 3.63) is 35.0 Å². The Bertz CT molecular complexity index is 571. The van der Waals surface area contributed by atoms with Gasteiger partial charge in [-0.15, -0.1) is 11.3 Å². The Labute approximate surface area is 124 Å². The molecule has 1 N–H and O–H groups in total. The first kappa shape index (κ1) is 14.0. The number of thiophene rings is 1. The van der Waals surface area contributed by atoms with Crippen LogP contribution >= 0.6 is 11.3 Å². The maximum absolute atomic E-state index is 13.3. The zero-order valence-corrected chi connectivity index (χ0v) is 12.8.